The number of fused-ring (bicyclic) bond motifs is 3. The summed E-state index contributed by atoms with van der Waals surface area (Å²) in [5.41, 5.74) is 3.95. The van der Waals surface area contributed by atoms with Crippen LogP contribution >= 0.6 is 0 Å². The van der Waals surface area contributed by atoms with Crippen molar-refractivity contribution in [3.8, 4) is 0 Å². The number of carbonyl (C=O) groups excluding carboxylic acids is 1. The summed E-state index contributed by atoms with van der Waals surface area (Å²) in [6.45, 7) is 1.75. The fraction of sp³-hybridized carbons (Fsp3) is 0.222. The number of likely N-dealkylation sites (N-methyl/N-ethyl adjacent to an activating group) is 1. The smallest absolute Gasteiger partial charge is 0.259 e. The molecule has 0 spiro atoms. The van der Waals surface area contributed by atoms with Gasteiger partial charge in [0.2, 0.25) is 10.0 Å². The van der Waals surface area contributed by atoms with E-state index < -0.39 is 10.0 Å². The second-order valence-electron chi connectivity index (χ2n) is 9.12. The second-order valence-corrected chi connectivity index (χ2v) is 11.1. The number of nitrogens with zero attached hydrogens (tertiary/aromatic N) is 5. The van der Waals surface area contributed by atoms with Gasteiger partial charge in [0.05, 0.1) is 15.9 Å². The van der Waals surface area contributed by atoms with Crippen molar-refractivity contribution in [2.24, 2.45) is 0 Å². The zero-order valence-electron chi connectivity index (χ0n) is 19.8. The van der Waals surface area contributed by atoms with E-state index >= 15 is 0 Å². The topological polar surface area (TPSA) is 86.7 Å². The summed E-state index contributed by atoms with van der Waals surface area (Å²) in [6.07, 6.45) is 0.665. The molecular weight excluding hydrogens is 474 g/mol. The van der Waals surface area contributed by atoms with E-state index in [-0.39, 0.29) is 10.8 Å². The van der Waals surface area contributed by atoms with Crippen LogP contribution in [-0.2, 0) is 23.0 Å². The maximum Gasteiger partial charge on any atom is 0.259 e. The van der Waals surface area contributed by atoms with Crippen molar-refractivity contribution in [3.05, 3.63) is 89.5 Å². The van der Waals surface area contributed by atoms with E-state index in [4.69, 9.17) is 9.97 Å². The average molecular weight is 500 g/mol. The highest BCUT2D eigenvalue weighted by Gasteiger charge is 2.32. The average Bonchev–Trinajstić information content (AvgIpc) is 2.92. The lowest BCUT2D eigenvalue weighted by molar-refractivity contribution is 0.0985. The minimum Gasteiger partial charge on any atom is -0.355 e. The molecule has 0 saturated carbocycles. The van der Waals surface area contributed by atoms with Crippen molar-refractivity contribution in [3.63, 3.8) is 0 Å². The molecule has 0 N–H and O–H groups in total. The molecular formula is C27H25N5O3S. The summed E-state index contributed by atoms with van der Waals surface area (Å²) in [7, 11) is -1.84. The molecule has 2 aliphatic rings. The number of benzene rings is 3. The summed E-state index contributed by atoms with van der Waals surface area (Å²) in [4.78, 5) is 26.8. The Morgan fingerprint density at radius 3 is 2.28 bits per heavy atom. The molecule has 0 unspecified atom stereocenters. The van der Waals surface area contributed by atoms with Crippen LogP contribution in [0, 0.1) is 0 Å². The largest absolute Gasteiger partial charge is 0.355 e. The number of sulfonamides is 1. The Hall–Kier alpha value is -3.82. The fourth-order valence-electron chi connectivity index (χ4n) is 4.85. The molecule has 0 saturated heterocycles. The lowest BCUT2D eigenvalue weighted by Crippen LogP contribution is -2.44. The number of rotatable bonds is 3. The quantitative estimate of drug-likeness (QED) is 0.429. The van der Waals surface area contributed by atoms with Crippen LogP contribution in [0.1, 0.15) is 21.5 Å². The summed E-state index contributed by atoms with van der Waals surface area (Å²) >= 11 is 0. The van der Waals surface area contributed by atoms with Gasteiger partial charge in [-0.1, -0.05) is 42.5 Å². The molecule has 3 aromatic carbocycles. The molecule has 2 aliphatic heterocycles. The summed E-state index contributed by atoms with van der Waals surface area (Å²) in [6, 6.07) is 21.8. The Kier molecular flexibility index (Phi) is 5.46. The predicted octanol–water partition coefficient (Wildman–Crippen LogP) is 3.47. The monoisotopic (exact) mass is 499 g/mol. The van der Waals surface area contributed by atoms with Gasteiger partial charge < -0.3 is 4.90 Å². The van der Waals surface area contributed by atoms with Crippen molar-refractivity contribution in [1.82, 2.24) is 14.3 Å². The maximum atomic E-state index is 13.7. The molecule has 1 aromatic heterocycles. The molecule has 0 bridgehead atoms. The van der Waals surface area contributed by atoms with Gasteiger partial charge in [-0.25, -0.2) is 18.4 Å². The van der Waals surface area contributed by atoms with Crippen LogP contribution in [0.15, 0.2) is 77.7 Å². The van der Waals surface area contributed by atoms with E-state index in [1.807, 2.05) is 60.5 Å². The van der Waals surface area contributed by atoms with Crippen LogP contribution in [0.3, 0.4) is 0 Å². The second kappa shape index (κ2) is 8.69. The SMILES string of the molecule is CN1CCN(C(=O)c2cccc(S(=O)(=O)N3CCc4ccccc4C3)c2)c2nc3ccccc3nc21. The van der Waals surface area contributed by atoms with E-state index in [1.54, 1.807) is 23.1 Å². The first kappa shape index (κ1) is 22.6. The first-order chi connectivity index (χ1) is 17.4. The first-order valence-corrected chi connectivity index (χ1v) is 13.3. The molecule has 182 valence electrons. The maximum absolute atomic E-state index is 13.7. The molecule has 1 amide bonds. The zero-order chi connectivity index (χ0) is 24.9. The van der Waals surface area contributed by atoms with Gasteiger partial charge >= 0.3 is 0 Å². The molecule has 3 heterocycles. The molecule has 0 atom stereocenters. The summed E-state index contributed by atoms with van der Waals surface area (Å²) < 4.78 is 28.5. The van der Waals surface area contributed by atoms with Crippen LogP contribution in [0.5, 0.6) is 0 Å². The molecule has 0 radical (unpaired) electrons. The third kappa shape index (κ3) is 3.81. The third-order valence-corrected chi connectivity index (χ3v) is 8.71. The van der Waals surface area contributed by atoms with E-state index in [0.717, 1.165) is 11.1 Å². The van der Waals surface area contributed by atoms with Crippen LogP contribution in [-0.4, -0.2) is 55.3 Å². The molecule has 0 aliphatic carbocycles. The number of para-hydroxylation sites is 2. The van der Waals surface area contributed by atoms with E-state index in [9.17, 15) is 13.2 Å². The standard InChI is InChI=1S/C27H25N5O3S/c1-30-15-16-32(26-25(30)28-23-11-4-5-12-24(23)29-26)27(33)20-9-6-10-22(17-20)36(34,35)31-14-13-19-7-2-3-8-21(19)18-31/h2-12,17H,13-16,18H2,1H3. The van der Waals surface area contributed by atoms with Gasteiger partial charge in [-0.05, 0) is 47.9 Å². The van der Waals surface area contributed by atoms with Crippen LogP contribution in [0.25, 0.3) is 11.0 Å². The minimum absolute atomic E-state index is 0.117. The Balaban J connectivity index is 1.33. The van der Waals surface area contributed by atoms with E-state index in [0.29, 0.717) is 55.3 Å². The molecule has 4 aromatic rings. The number of aromatic nitrogens is 2. The molecule has 0 fully saturated rings. The fourth-order valence-corrected chi connectivity index (χ4v) is 6.31. The summed E-state index contributed by atoms with van der Waals surface area (Å²) in [5.74, 6) is 0.812. The van der Waals surface area contributed by atoms with E-state index in [1.165, 1.54) is 15.9 Å². The Bertz CT molecular complexity index is 1600. The highest BCUT2D eigenvalue weighted by atomic mass is 32.2. The van der Waals surface area contributed by atoms with Crippen LogP contribution in [0.4, 0.5) is 11.6 Å². The lowest BCUT2D eigenvalue weighted by Gasteiger charge is -2.34. The minimum atomic E-state index is -3.76. The highest BCUT2D eigenvalue weighted by Crippen LogP contribution is 2.32. The first-order valence-electron chi connectivity index (χ1n) is 11.9. The van der Waals surface area contributed by atoms with Crippen molar-refractivity contribution in [2.45, 2.75) is 17.9 Å². The van der Waals surface area contributed by atoms with Gasteiger partial charge in [0.25, 0.3) is 5.91 Å². The van der Waals surface area contributed by atoms with Gasteiger partial charge in [0, 0.05) is 38.8 Å². The van der Waals surface area contributed by atoms with Crippen molar-refractivity contribution >= 4 is 38.6 Å². The normalized spacial score (nSPS) is 16.0. The van der Waals surface area contributed by atoms with Gasteiger partial charge in [0.1, 0.15) is 0 Å². The number of anilines is 2. The van der Waals surface area contributed by atoms with Gasteiger partial charge in [-0.3, -0.25) is 9.69 Å². The Labute approximate surface area is 209 Å². The highest BCUT2D eigenvalue weighted by molar-refractivity contribution is 7.89. The van der Waals surface area contributed by atoms with Crippen molar-refractivity contribution < 1.29 is 13.2 Å². The van der Waals surface area contributed by atoms with Gasteiger partial charge in [-0.2, -0.15) is 4.31 Å². The molecule has 36 heavy (non-hydrogen) atoms. The van der Waals surface area contributed by atoms with Crippen LogP contribution < -0.4 is 9.80 Å². The predicted molar refractivity (Wildman–Crippen MR) is 139 cm³/mol. The zero-order valence-corrected chi connectivity index (χ0v) is 20.6. The number of carbonyl (C=O) groups is 1. The molecule has 9 heteroatoms. The molecule has 8 nitrogen and oxygen atoms in total. The summed E-state index contributed by atoms with van der Waals surface area (Å²) in [5, 5.41) is 0. The third-order valence-electron chi connectivity index (χ3n) is 6.87. The molecule has 6 rings (SSSR count). The van der Waals surface area contributed by atoms with Crippen molar-refractivity contribution in [2.75, 3.05) is 36.5 Å². The van der Waals surface area contributed by atoms with Crippen LogP contribution in [0.2, 0.25) is 0 Å². The van der Waals surface area contributed by atoms with Gasteiger partial charge in [0.15, 0.2) is 11.6 Å². The van der Waals surface area contributed by atoms with Gasteiger partial charge in [-0.15, -0.1) is 0 Å². The lowest BCUT2D eigenvalue weighted by atomic mass is 10.0. The van der Waals surface area contributed by atoms with E-state index in [2.05, 4.69) is 0 Å². The van der Waals surface area contributed by atoms with Crippen molar-refractivity contribution in [1.29, 1.82) is 0 Å². The number of hydrogen-bond acceptors (Lipinski definition) is 6. The number of amides is 1. The number of hydrogen-bond donors (Lipinski definition) is 0. The Morgan fingerprint density at radius 2 is 1.50 bits per heavy atom. The Morgan fingerprint density at radius 1 is 0.806 bits per heavy atom.